The highest BCUT2D eigenvalue weighted by Gasteiger charge is 2.29. The fraction of sp³-hybridized carbons (Fsp3) is 0.583. The highest BCUT2D eigenvalue weighted by molar-refractivity contribution is 5.89. The maximum atomic E-state index is 13.0. The van der Waals surface area contributed by atoms with Crippen molar-refractivity contribution in [2.45, 2.75) is 52.0 Å². The molecular formula is C24H34N6O6. The van der Waals surface area contributed by atoms with Crippen molar-refractivity contribution < 1.29 is 28.9 Å². The van der Waals surface area contributed by atoms with E-state index in [1.165, 1.54) is 0 Å². The fourth-order valence-electron chi connectivity index (χ4n) is 4.29. The molecule has 12 nitrogen and oxygen atoms in total. The quantitative estimate of drug-likeness (QED) is 0.632. The number of aromatic nitrogens is 3. The minimum atomic E-state index is -0.388. The first-order chi connectivity index (χ1) is 17.4. The summed E-state index contributed by atoms with van der Waals surface area (Å²) in [6, 6.07) is 4.59. The maximum absolute atomic E-state index is 13.0. The molecule has 36 heavy (non-hydrogen) atoms. The van der Waals surface area contributed by atoms with Crippen molar-refractivity contribution in [1.29, 1.82) is 0 Å². The number of nitrogens with one attached hydrogen (secondary N) is 1. The summed E-state index contributed by atoms with van der Waals surface area (Å²) < 4.78 is 18.7. The summed E-state index contributed by atoms with van der Waals surface area (Å²) in [4.78, 5) is 29.2. The topological polar surface area (TPSA) is 131 Å². The van der Waals surface area contributed by atoms with Gasteiger partial charge >= 0.3 is 6.03 Å². The first-order valence-corrected chi connectivity index (χ1v) is 12.2. The Kier molecular flexibility index (Phi) is 8.26. The number of urea groups is 1. The molecule has 0 saturated carbocycles. The number of likely N-dealkylation sites (N-methyl/N-ethyl adjacent to an activating group) is 1. The van der Waals surface area contributed by atoms with Crippen LogP contribution in [0.5, 0.6) is 11.5 Å². The molecule has 0 fully saturated rings. The standard InChI is InChI=1S/C24H34N6O6/c1-16-11-29(17(2)13-31)23(32)5-4-8-30-19(10-25-27-30)14-34-22(16)12-28(3)24(33)26-18-6-7-20-21(9-18)36-15-35-20/h6-7,9-10,16-17,22,31H,4-5,8,11-15H2,1-3H3,(H,26,33)/t16-,17+,22+/m1/s1. The number of aliphatic hydroxyl groups is 1. The van der Waals surface area contributed by atoms with Crippen LogP contribution in [0.2, 0.25) is 0 Å². The molecular weight excluding hydrogens is 468 g/mol. The lowest BCUT2D eigenvalue weighted by Gasteiger charge is -2.35. The third kappa shape index (κ3) is 6.05. The van der Waals surface area contributed by atoms with E-state index in [1.54, 1.807) is 45.9 Å². The van der Waals surface area contributed by atoms with Crippen molar-refractivity contribution in [2.75, 3.05) is 38.9 Å². The number of hydrogen-bond acceptors (Lipinski definition) is 8. The number of aryl methyl sites for hydroxylation is 1. The van der Waals surface area contributed by atoms with E-state index in [0.717, 1.165) is 5.69 Å². The number of benzene rings is 1. The van der Waals surface area contributed by atoms with E-state index in [-0.39, 0.29) is 56.6 Å². The van der Waals surface area contributed by atoms with Crippen molar-refractivity contribution in [3.8, 4) is 11.5 Å². The van der Waals surface area contributed by atoms with Crippen LogP contribution in [-0.4, -0.2) is 87.5 Å². The average molecular weight is 503 g/mol. The Balaban J connectivity index is 1.48. The van der Waals surface area contributed by atoms with E-state index in [9.17, 15) is 14.7 Å². The molecule has 0 unspecified atom stereocenters. The van der Waals surface area contributed by atoms with Crippen LogP contribution in [0.1, 0.15) is 32.4 Å². The molecule has 3 amide bonds. The highest BCUT2D eigenvalue weighted by Crippen LogP contribution is 2.34. The lowest BCUT2D eigenvalue weighted by molar-refractivity contribution is -0.136. The molecule has 4 rings (SSSR count). The molecule has 1 aromatic heterocycles. The lowest BCUT2D eigenvalue weighted by Crippen LogP contribution is -2.48. The second-order valence-electron chi connectivity index (χ2n) is 9.34. The van der Waals surface area contributed by atoms with E-state index in [2.05, 4.69) is 15.6 Å². The van der Waals surface area contributed by atoms with Crippen LogP contribution in [0.4, 0.5) is 10.5 Å². The molecule has 0 saturated heterocycles. The number of aliphatic hydroxyl groups excluding tert-OH is 1. The van der Waals surface area contributed by atoms with E-state index in [1.807, 2.05) is 13.8 Å². The van der Waals surface area contributed by atoms with Gasteiger partial charge in [0.2, 0.25) is 12.7 Å². The summed E-state index contributed by atoms with van der Waals surface area (Å²) in [5.74, 6) is 1.08. The summed E-state index contributed by atoms with van der Waals surface area (Å²) in [6.07, 6.45) is 2.23. The Morgan fingerprint density at radius 3 is 2.94 bits per heavy atom. The Morgan fingerprint density at radius 2 is 2.14 bits per heavy atom. The minimum Gasteiger partial charge on any atom is -0.454 e. The smallest absolute Gasteiger partial charge is 0.321 e. The predicted molar refractivity (Wildman–Crippen MR) is 129 cm³/mol. The molecule has 196 valence electrons. The van der Waals surface area contributed by atoms with Crippen LogP contribution in [0.15, 0.2) is 24.4 Å². The van der Waals surface area contributed by atoms with E-state index in [0.29, 0.717) is 43.1 Å². The number of hydrogen-bond donors (Lipinski definition) is 2. The highest BCUT2D eigenvalue weighted by atomic mass is 16.7. The summed E-state index contributed by atoms with van der Waals surface area (Å²) in [5, 5.41) is 20.7. The van der Waals surface area contributed by atoms with E-state index in [4.69, 9.17) is 14.2 Å². The fourth-order valence-corrected chi connectivity index (χ4v) is 4.29. The normalized spacial score (nSPS) is 21.2. The van der Waals surface area contributed by atoms with Crippen molar-refractivity contribution in [2.24, 2.45) is 5.92 Å². The number of carbonyl (C=O) groups is 2. The first-order valence-electron chi connectivity index (χ1n) is 12.2. The molecule has 3 heterocycles. The maximum Gasteiger partial charge on any atom is 0.321 e. The Bertz CT molecular complexity index is 1060. The zero-order chi connectivity index (χ0) is 25.7. The predicted octanol–water partition coefficient (Wildman–Crippen LogP) is 1.70. The third-order valence-electron chi connectivity index (χ3n) is 6.56. The number of ether oxygens (including phenoxy) is 3. The molecule has 1 aromatic carbocycles. The summed E-state index contributed by atoms with van der Waals surface area (Å²) >= 11 is 0. The van der Waals surface area contributed by atoms with Crippen molar-refractivity contribution >= 4 is 17.6 Å². The van der Waals surface area contributed by atoms with Crippen LogP contribution in [-0.2, 0) is 22.7 Å². The van der Waals surface area contributed by atoms with Crippen LogP contribution in [0.25, 0.3) is 0 Å². The largest absolute Gasteiger partial charge is 0.454 e. The van der Waals surface area contributed by atoms with Gasteiger partial charge in [-0.1, -0.05) is 12.1 Å². The van der Waals surface area contributed by atoms with Crippen molar-refractivity contribution in [3.05, 3.63) is 30.1 Å². The van der Waals surface area contributed by atoms with Gasteiger partial charge in [-0.3, -0.25) is 4.79 Å². The van der Waals surface area contributed by atoms with Gasteiger partial charge in [0.15, 0.2) is 11.5 Å². The Labute approximate surface area is 210 Å². The van der Waals surface area contributed by atoms with Gasteiger partial charge in [-0.2, -0.15) is 0 Å². The SMILES string of the molecule is C[C@@H]1CN([C@@H](C)CO)C(=O)CCCn2nncc2CO[C@H]1CN(C)C(=O)Nc1ccc2c(c1)OCO2. The number of rotatable bonds is 5. The zero-order valence-corrected chi connectivity index (χ0v) is 20.9. The second-order valence-corrected chi connectivity index (χ2v) is 9.34. The number of anilines is 1. The van der Waals surface area contributed by atoms with Gasteiger partial charge in [-0.15, -0.1) is 5.10 Å². The van der Waals surface area contributed by atoms with Crippen molar-refractivity contribution in [3.63, 3.8) is 0 Å². The number of nitrogens with zero attached hydrogens (tertiary/aromatic N) is 5. The van der Waals surface area contributed by atoms with Gasteiger partial charge in [0, 0.05) is 50.8 Å². The zero-order valence-electron chi connectivity index (χ0n) is 20.9. The first kappa shape index (κ1) is 25.7. The van der Waals surface area contributed by atoms with Gasteiger partial charge in [0.1, 0.15) is 0 Å². The lowest BCUT2D eigenvalue weighted by atomic mass is 10.0. The molecule has 3 atom stereocenters. The van der Waals surface area contributed by atoms with Crippen molar-refractivity contribution in [1.82, 2.24) is 24.8 Å². The van der Waals surface area contributed by atoms with Gasteiger partial charge in [0.05, 0.1) is 37.3 Å². The second kappa shape index (κ2) is 11.6. The molecule has 0 aliphatic carbocycles. The Hall–Kier alpha value is -3.38. The average Bonchev–Trinajstić information content (AvgIpc) is 3.52. The number of carbonyl (C=O) groups excluding carboxylic acids is 2. The van der Waals surface area contributed by atoms with Gasteiger partial charge in [-0.25, -0.2) is 9.48 Å². The number of amides is 3. The van der Waals surface area contributed by atoms with E-state index >= 15 is 0 Å². The van der Waals surface area contributed by atoms with Crippen LogP contribution < -0.4 is 14.8 Å². The molecule has 0 spiro atoms. The van der Waals surface area contributed by atoms with Crippen LogP contribution >= 0.6 is 0 Å². The van der Waals surface area contributed by atoms with E-state index < -0.39 is 0 Å². The molecule has 12 heteroatoms. The van der Waals surface area contributed by atoms with Gasteiger partial charge in [0.25, 0.3) is 0 Å². The minimum absolute atomic E-state index is 0.0294. The van der Waals surface area contributed by atoms with Gasteiger partial charge < -0.3 is 34.4 Å². The molecule has 0 radical (unpaired) electrons. The Morgan fingerprint density at radius 1 is 1.33 bits per heavy atom. The molecule has 2 N–H and O–H groups in total. The summed E-state index contributed by atoms with van der Waals surface area (Å²) in [7, 11) is 1.69. The molecule has 2 aliphatic heterocycles. The monoisotopic (exact) mass is 502 g/mol. The number of fused-ring (bicyclic) bond motifs is 2. The van der Waals surface area contributed by atoms with Gasteiger partial charge in [-0.05, 0) is 25.5 Å². The van der Waals surface area contributed by atoms with Crippen LogP contribution in [0, 0.1) is 5.92 Å². The third-order valence-corrected chi connectivity index (χ3v) is 6.56. The summed E-state index contributed by atoms with van der Waals surface area (Å²) in [5.41, 5.74) is 1.40. The molecule has 0 bridgehead atoms. The van der Waals surface area contributed by atoms with Crippen LogP contribution in [0.3, 0.4) is 0 Å². The molecule has 2 aromatic rings. The summed E-state index contributed by atoms with van der Waals surface area (Å²) in [6.45, 7) is 5.36. The molecule has 2 aliphatic rings.